The molecule has 1 atom stereocenters. The Morgan fingerprint density at radius 3 is 2.38 bits per heavy atom. The van der Waals surface area contributed by atoms with Gasteiger partial charge in [-0.2, -0.15) is 0 Å². The molecular weight excluding hydrogens is 374 g/mol. The van der Waals surface area contributed by atoms with Crippen molar-refractivity contribution in [3.8, 4) is 0 Å². The van der Waals surface area contributed by atoms with Gasteiger partial charge in [-0.15, -0.1) is 0 Å². The second kappa shape index (κ2) is 9.98. The highest BCUT2D eigenvalue weighted by atomic mass is 19.1. The second-order valence-corrected chi connectivity index (χ2v) is 7.08. The van der Waals surface area contributed by atoms with Gasteiger partial charge < -0.3 is 9.73 Å². The summed E-state index contributed by atoms with van der Waals surface area (Å²) in [7, 11) is 0. The van der Waals surface area contributed by atoms with Crippen molar-refractivity contribution in [2.45, 2.75) is 32.5 Å². The minimum absolute atomic E-state index is 0.0166. The summed E-state index contributed by atoms with van der Waals surface area (Å²) in [4.78, 5) is 14.5. The smallest absolute Gasteiger partial charge is 0.234 e. The topological polar surface area (TPSA) is 45.5 Å². The zero-order valence-corrected chi connectivity index (χ0v) is 16.3. The molecule has 0 aliphatic rings. The molecule has 0 radical (unpaired) electrons. The van der Waals surface area contributed by atoms with Gasteiger partial charge >= 0.3 is 0 Å². The van der Waals surface area contributed by atoms with Gasteiger partial charge in [0.25, 0.3) is 0 Å². The number of hydrogen-bond acceptors (Lipinski definition) is 3. The largest absolute Gasteiger partial charge is 0.468 e. The molecule has 29 heavy (non-hydrogen) atoms. The maximum absolute atomic E-state index is 13.8. The SMILES string of the molecule is CC(Cc1c(F)cccc1F)NC(=O)CN(Cc1ccccc1)Cc1ccco1. The Kier molecular flexibility index (Phi) is 7.14. The second-order valence-electron chi connectivity index (χ2n) is 7.08. The van der Waals surface area contributed by atoms with Crippen LogP contribution in [0.2, 0.25) is 0 Å². The Morgan fingerprint density at radius 1 is 1.00 bits per heavy atom. The predicted molar refractivity (Wildman–Crippen MR) is 107 cm³/mol. The molecule has 1 heterocycles. The molecule has 0 fully saturated rings. The van der Waals surface area contributed by atoms with Gasteiger partial charge in [0.2, 0.25) is 5.91 Å². The Labute approximate surface area is 169 Å². The average molecular weight is 398 g/mol. The molecule has 6 heteroatoms. The highest BCUT2D eigenvalue weighted by molar-refractivity contribution is 5.78. The highest BCUT2D eigenvalue weighted by Gasteiger charge is 2.17. The molecule has 3 rings (SSSR count). The fourth-order valence-corrected chi connectivity index (χ4v) is 3.24. The molecule has 0 saturated carbocycles. The standard InChI is InChI=1S/C23H24F2N2O2/c1-17(13-20-21(24)10-5-11-22(20)25)26-23(28)16-27(15-19-9-6-12-29-19)14-18-7-3-2-4-8-18/h2-12,17H,13-16H2,1H3,(H,26,28). The van der Waals surface area contributed by atoms with Gasteiger partial charge in [-0.25, -0.2) is 8.78 Å². The van der Waals surface area contributed by atoms with E-state index in [2.05, 4.69) is 5.32 Å². The molecule has 1 aromatic heterocycles. The molecule has 0 saturated heterocycles. The summed E-state index contributed by atoms with van der Waals surface area (Å²) in [5, 5.41) is 2.83. The van der Waals surface area contributed by atoms with Gasteiger partial charge in [0.15, 0.2) is 0 Å². The number of hydrogen-bond donors (Lipinski definition) is 1. The molecule has 3 aromatic rings. The molecular formula is C23H24F2N2O2. The van der Waals surface area contributed by atoms with Gasteiger partial charge in [0, 0.05) is 18.2 Å². The van der Waals surface area contributed by atoms with E-state index in [1.54, 1.807) is 19.3 Å². The van der Waals surface area contributed by atoms with Gasteiger partial charge in [-0.05, 0) is 43.2 Å². The molecule has 0 aliphatic heterocycles. The Hall–Kier alpha value is -2.99. The third-order valence-corrected chi connectivity index (χ3v) is 4.56. The quantitative estimate of drug-likeness (QED) is 0.584. The molecule has 0 aliphatic carbocycles. The summed E-state index contributed by atoms with van der Waals surface area (Å²) < 4.78 is 33.1. The van der Waals surface area contributed by atoms with Crippen molar-refractivity contribution in [1.82, 2.24) is 10.2 Å². The molecule has 1 unspecified atom stereocenters. The molecule has 0 bridgehead atoms. The first-order valence-electron chi connectivity index (χ1n) is 9.52. The third-order valence-electron chi connectivity index (χ3n) is 4.56. The van der Waals surface area contributed by atoms with E-state index in [1.807, 2.05) is 41.3 Å². The van der Waals surface area contributed by atoms with E-state index in [4.69, 9.17) is 4.42 Å². The number of furan rings is 1. The number of benzene rings is 2. The van der Waals surface area contributed by atoms with Crippen LogP contribution in [0.3, 0.4) is 0 Å². The normalized spacial score (nSPS) is 12.1. The van der Waals surface area contributed by atoms with Gasteiger partial charge in [0.05, 0.1) is 19.4 Å². The summed E-state index contributed by atoms with van der Waals surface area (Å²) in [6.45, 7) is 2.93. The molecule has 0 spiro atoms. The van der Waals surface area contributed by atoms with Crippen molar-refractivity contribution >= 4 is 5.91 Å². The van der Waals surface area contributed by atoms with Crippen LogP contribution in [-0.4, -0.2) is 23.4 Å². The van der Waals surface area contributed by atoms with Crippen LogP contribution < -0.4 is 5.32 Å². The summed E-state index contributed by atoms with van der Waals surface area (Å²) in [5.74, 6) is -0.656. The van der Waals surface area contributed by atoms with Crippen molar-refractivity contribution in [2.75, 3.05) is 6.54 Å². The Morgan fingerprint density at radius 2 is 1.72 bits per heavy atom. The van der Waals surface area contributed by atoms with Crippen LogP contribution in [0.1, 0.15) is 23.8 Å². The average Bonchev–Trinajstić information content (AvgIpc) is 3.18. The summed E-state index contributed by atoms with van der Waals surface area (Å²) in [6, 6.07) is 16.9. The number of nitrogens with one attached hydrogen (secondary N) is 1. The van der Waals surface area contributed by atoms with Crippen LogP contribution in [0, 0.1) is 11.6 Å². The minimum atomic E-state index is -0.602. The number of carbonyl (C=O) groups excluding carboxylic acids is 1. The lowest BCUT2D eigenvalue weighted by atomic mass is 10.1. The molecule has 1 N–H and O–H groups in total. The minimum Gasteiger partial charge on any atom is -0.468 e. The zero-order chi connectivity index (χ0) is 20.6. The Bertz CT molecular complexity index is 894. The monoisotopic (exact) mass is 398 g/mol. The molecule has 4 nitrogen and oxygen atoms in total. The van der Waals surface area contributed by atoms with Crippen LogP contribution in [-0.2, 0) is 24.3 Å². The van der Waals surface area contributed by atoms with Crippen molar-refractivity contribution in [2.24, 2.45) is 0 Å². The lowest BCUT2D eigenvalue weighted by molar-refractivity contribution is -0.123. The number of amides is 1. The summed E-state index contributed by atoms with van der Waals surface area (Å²) >= 11 is 0. The van der Waals surface area contributed by atoms with Crippen LogP contribution in [0.4, 0.5) is 8.78 Å². The molecule has 152 valence electrons. The molecule has 2 aromatic carbocycles. The van der Waals surface area contributed by atoms with Crippen molar-refractivity contribution in [1.29, 1.82) is 0 Å². The van der Waals surface area contributed by atoms with Crippen LogP contribution >= 0.6 is 0 Å². The van der Waals surface area contributed by atoms with E-state index in [-0.39, 0.29) is 24.4 Å². The lowest BCUT2D eigenvalue weighted by Crippen LogP contribution is -2.41. The van der Waals surface area contributed by atoms with Gasteiger partial charge in [-0.3, -0.25) is 9.69 Å². The molecule has 1 amide bonds. The van der Waals surface area contributed by atoms with Crippen LogP contribution in [0.5, 0.6) is 0 Å². The van der Waals surface area contributed by atoms with Crippen LogP contribution in [0.15, 0.2) is 71.3 Å². The van der Waals surface area contributed by atoms with Gasteiger partial charge in [-0.1, -0.05) is 36.4 Å². The summed E-state index contributed by atoms with van der Waals surface area (Å²) in [5.41, 5.74) is 1.06. The van der Waals surface area contributed by atoms with E-state index in [9.17, 15) is 13.6 Å². The van der Waals surface area contributed by atoms with Crippen LogP contribution in [0.25, 0.3) is 0 Å². The van der Waals surface area contributed by atoms with E-state index in [1.165, 1.54) is 18.2 Å². The van der Waals surface area contributed by atoms with E-state index in [0.29, 0.717) is 13.1 Å². The number of rotatable bonds is 9. The highest BCUT2D eigenvalue weighted by Crippen LogP contribution is 2.14. The maximum Gasteiger partial charge on any atom is 0.234 e. The first kappa shape index (κ1) is 20.7. The number of nitrogens with zero attached hydrogens (tertiary/aromatic N) is 1. The zero-order valence-electron chi connectivity index (χ0n) is 16.3. The fourth-order valence-electron chi connectivity index (χ4n) is 3.24. The van der Waals surface area contributed by atoms with Gasteiger partial charge in [0.1, 0.15) is 17.4 Å². The fraction of sp³-hybridized carbons (Fsp3) is 0.261. The van der Waals surface area contributed by atoms with E-state index >= 15 is 0 Å². The predicted octanol–water partition coefficient (Wildman–Crippen LogP) is 4.31. The maximum atomic E-state index is 13.8. The Balaban J connectivity index is 1.61. The lowest BCUT2D eigenvalue weighted by Gasteiger charge is -2.22. The number of halogens is 2. The van der Waals surface area contributed by atoms with Crippen molar-refractivity contribution < 1.29 is 18.0 Å². The first-order valence-corrected chi connectivity index (χ1v) is 9.52. The first-order chi connectivity index (χ1) is 14.0. The van der Waals surface area contributed by atoms with Crippen molar-refractivity contribution in [3.63, 3.8) is 0 Å². The van der Waals surface area contributed by atoms with E-state index < -0.39 is 17.7 Å². The van der Waals surface area contributed by atoms with E-state index in [0.717, 1.165) is 11.3 Å². The number of carbonyl (C=O) groups is 1. The third kappa shape index (κ3) is 6.26. The van der Waals surface area contributed by atoms with Crippen molar-refractivity contribution in [3.05, 3.63) is 95.4 Å². The summed E-state index contributed by atoms with van der Waals surface area (Å²) in [6.07, 6.45) is 1.68.